The molecule has 3 aromatic rings. The van der Waals surface area contributed by atoms with Gasteiger partial charge in [0.2, 0.25) is 0 Å². The first-order chi connectivity index (χ1) is 11.6. The molecule has 0 amide bonds. The summed E-state index contributed by atoms with van der Waals surface area (Å²) in [4.78, 5) is 4.39. The predicted molar refractivity (Wildman–Crippen MR) is 104 cm³/mol. The highest BCUT2D eigenvalue weighted by Crippen LogP contribution is 2.34. The summed E-state index contributed by atoms with van der Waals surface area (Å²) in [5.74, 6) is 1.61. The van der Waals surface area contributed by atoms with Crippen molar-refractivity contribution >= 4 is 31.9 Å². The zero-order valence-electron chi connectivity index (χ0n) is 13.2. The standard InChI is InChI=1S/C19H15Br2NO2/c1-23-18-5-3-12(8-16(18)20)14-7-15(11-22-10-14)13-4-6-19(24-2)17(21)9-13/h3-11H,1-2H3. The van der Waals surface area contributed by atoms with E-state index in [9.17, 15) is 0 Å². The van der Waals surface area contributed by atoms with Crippen molar-refractivity contribution in [2.45, 2.75) is 0 Å². The smallest absolute Gasteiger partial charge is 0.133 e. The van der Waals surface area contributed by atoms with Gasteiger partial charge in [-0.2, -0.15) is 0 Å². The Labute approximate surface area is 157 Å². The summed E-state index contributed by atoms with van der Waals surface area (Å²) in [6, 6.07) is 14.1. The number of ether oxygens (including phenoxy) is 2. The maximum absolute atomic E-state index is 5.28. The van der Waals surface area contributed by atoms with Crippen molar-refractivity contribution in [3.05, 3.63) is 63.8 Å². The lowest BCUT2D eigenvalue weighted by atomic mass is 10.0. The molecular weight excluding hydrogens is 434 g/mol. The second kappa shape index (κ2) is 7.36. The van der Waals surface area contributed by atoms with Gasteiger partial charge in [0, 0.05) is 23.5 Å². The highest BCUT2D eigenvalue weighted by Gasteiger charge is 2.08. The molecule has 3 nitrogen and oxygen atoms in total. The van der Waals surface area contributed by atoms with Crippen molar-refractivity contribution in [3.63, 3.8) is 0 Å². The summed E-state index contributed by atoms with van der Waals surface area (Å²) >= 11 is 7.06. The maximum Gasteiger partial charge on any atom is 0.133 e. The van der Waals surface area contributed by atoms with Crippen LogP contribution in [0, 0.1) is 0 Å². The van der Waals surface area contributed by atoms with E-state index in [1.165, 1.54) is 0 Å². The van der Waals surface area contributed by atoms with Crippen molar-refractivity contribution in [2.75, 3.05) is 14.2 Å². The Balaban J connectivity index is 2.00. The first-order valence-corrected chi connectivity index (χ1v) is 8.84. The van der Waals surface area contributed by atoms with E-state index < -0.39 is 0 Å². The lowest BCUT2D eigenvalue weighted by Gasteiger charge is -2.09. The Morgan fingerprint density at radius 1 is 0.667 bits per heavy atom. The van der Waals surface area contributed by atoms with Crippen LogP contribution in [0.1, 0.15) is 0 Å². The van der Waals surface area contributed by atoms with E-state index in [1.807, 2.05) is 48.8 Å². The Bertz CT molecular complexity index is 812. The summed E-state index contributed by atoms with van der Waals surface area (Å²) in [6.07, 6.45) is 3.71. The van der Waals surface area contributed by atoms with Crippen molar-refractivity contribution in [1.82, 2.24) is 4.98 Å². The molecule has 0 N–H and O–H groups in total. The van der Waals surface area contributed by atoms with Gasteiger partial charge in [-0.1, -0.05) is 12.1 Å². The molecule has 0 atom stereocenters. The van der Waals surface area contributed by atoms with Crippen LogP contribution in [0.2, 0.25) is 0 Å². The number of nitrogens with zero attached hydrogens (tertiary/aromatic N) is 1. The second-order valence-electron chi connectivity index (χ2n) is 5.16. The van der Waals surface area contributed by atoms with Crippen LogP contribution >= 0.6 is 31.9 Å². The number of hydrogen-bond donors (Lipinski definition) is 0. The van der Waals surface area contributed by atoms with Crippen LogP contribution in [0.4, 0.5) is 0 Å². The van der Waals surface area contributed by atoms with Crippen LogP contribution < -0.4 is 9.47 Å². The number of halogens is 2. The quantitative estimate of drug-likeness (QED) is 0.493. The van der Waals surface area contributed by atoms with Crippen molar-refractivity contribution in [1.29, 1.82) is 0 Å². The molecule has 24 heavy (non-hydrogen) atoms. The molecular formula is C19H15Br2NO2. The van der Waals surface area contributed by atoms with E-state index in [2.05, 4.69) is 42.9 Å². The van der Waals surface area contributed by atoms with Crippen LogP contribution in [0.15, 0.2) is 63.8 Å². The summed E-state index contributed by atoms with van der Waals surface area (Å²) in [7, 11) is 3.31. The first-order valence-electron chi connectivity index (χ1n) is 7.25. The number of rotatable bonds is 4. The van der Waals surface area contributed by atoms with E-state index in [1.54, 1.807) is 14.2 Å². The lowest BCUT2D eigenvalue weighted by Crippen LogP contribution is -1.88. The van der Waals surface area contributed by atoms with Gasteiger partial charge in [-0.25, -0.2) is 0 Å². The molecule has 0 aliphatic heterocycles. The van der Waals surface area contributed by atoms with Crippen LogP contribution in [-0.2, 0) is 0 Å². The summed E-state index contributed by atoms with van der Waals surface area (Å²) < 4.78 is 12.4. The molecule has 3 rings (SSSR count). The monoisotopic (exact) mass is 447 g/mol. The van der Waals surface area contributed by atoms with Crippen LogP contribution in [0.5, 0.6) is 11.5 Å². The number of pyridine rings is 1. The minimum Gasteiger partial charge on any atom is -0.496 e. The third-order valence-corrected chi connectivity index (χ3v) is 4.95. The normalized spacial score (nSPS) is 10.5. The molecule has 0 aliphatic rings. The van der Waals surface area contributed by atoms with E-state index >= 15 is 0 Å². The molecule has 0 saturated carbocycles. The largest absolute Gasteiger partial charge is 0.496 e. The molecule has 0 radical (unpaired) electrons. The minimum absolute atomic E-state index is 0.807. The number of aromatic nitrogens is 1. The Kier molecular flexibility index (Phi) is 5.21. The average molecular weight is 449 g/mol. The molecule has 122 valence electrons. The molecule has 0 saturated heterocycles. The van der Waals surface area contributed by atoms with Crippen molar-refractivity contribution < 1.29 is 9.47 Å². The SMILES string of the molecule is COc1ccc(-c2cncc(-c3ccc(OC)c(Br)c3)c2)cc1Br. The molecule has 0 unspecified atom stereocenters. The van der Waals surface area contributed by atoms with Gasteiger partial charge in [0.25, 0.3) is 0 Å². The van der Waals surface area contributed by atoms with Gasteiger partial charge in [0.05, 0.1) is 23.2 Å². The average Bonchev–Trinajstić information content (AvgIpc) is 2.61. The predicted octanol–water partition coefficient (Wildman–Crippen LogP) is 5.96. The molecule has 5 heteroatoms. The molecule has 1 heterocycles. The summed E-state index contributed by atoms with van der Waals surface area (Å²) in [6.45, 7) is 0. The second-order valence-corrected chi connectivity index (χ2v) is 6.87. The number of methoxy groups -OCH3 is 2. The van der Waals surface area contributed by atoms with Gasteiger partial charge in [0.15, 0.2) is 0 Å². The van der Waals surface area contributed by atoms with Gasteiger partial charge < -0.3 is 9.47 Å². The van der Waals surface area contributed by atoms with Crippen molar-refractivity contribution in [2.24, 2.45) is 0 Å². The Morgan fingerprint density at radius 2 is 1.12 bits per heavy atom. The van der Waals surface area contributed by atoms with Crippen molar-refractivity contribution in [3.8, 4) is 33.8 Å². The van der Waals surface area contributed by atoms with Gasteiger partial charge in [-0.15, -0.1) is 0 Å². The van der Waals surface area contributed by atoms with E-state index in [0.29, 0.717) is 0 Å². The fourth-order valence-corrected chi connectivity index (χ4v) is 3.53. The number of benzene rings is 2. The van der Waals surface area contributed by atoms with Gasteiger partial charge >= 0.3 is 0 Å². The van der Waals surface area contributed by atoms with Gasteiger partial charge in [-0.3, -0.25) is 4.98 Å². The molecule has 2 aromatic carbocycles. The third kappa shape index (κ3) is 3.47. The summed E-state index contributed by atoms with van der Waals surface area (Å²) in [5.41, 5.74) is 4.24. The highest BCUT2D eigenvalue weighted by atomic mass is 79.9. The van der Waals surface area contributed by atoms with E-state index in [4.69, 9.17) is 9.47 Å². The molecule has 0 bridgehead atoms. The van der Waals surface area contributed by atoms with Crippen LogP contribution in [-0.4, -0.2) is 19.2 Å². The van der Waals surface area contributed by atoms with Crippen LogP contribution in [0.3, 0.4) is 0 Å². The molecule has 1 aromatic heterocycles. The molecule has 0 aliphatic carbocycles. The lowest BCUT2D eigenvalue weighted by molar-refractivity contribution is 0.412. The fraction of sp³-hybridized carbons (Fsp3) is 0.105. The van der Waals surface area contributed by atoms with E-state index in [0.717, 1.165) is 42.7 Å². The Morgan fingerprint density at radius 3 is 1.50 bits per heavy atom. The zero-order valence-corrected chi connectivity index (χ0v) is 16.4. The fourth-order valence-electron chi connectivity index (χ4n) is 2.45. The van der Waals surface area contributed by atoms with Crippen LogP contribution in [0.25, 0.3) is 22.3 Å². The molecule has 0 fully saturated rings. The maximum atomic E-state index is 5.28. The van der Waals surface area contributed by atoms with E-state index in [-0.39, 0.29) is 0 Å². The third-order valence-electron chi connectivity index (χ3n) is 3.71. The Hall–Kier alpha value is -1.85. The van der Waals surface area contributed by atoms with Gasteiger partial charge in [-0.05, 0) is 73.3 Å². The summed E-state index contributed by atoms with van der Waals surface area (Å²) in [5, 5.41) is 0. The van der Waals surface area contributed by atoms with Gasteiger partial charge in [0.1, 0.15) is 11.5 Å². The number of hydrogen-bond acceptors (Lipinski definition) is 3. The highest BCUT2D eigenvalue weighted by molar-refractivity contribution is 9.10. The first kappa shape index (κ1) is 17.0. The topological polar surface area (TPSA) is 31.4 Å². The zero-order chi connectivity index (χ0) is 17.1. The molecule has 0 spiro atoms. The minimum atomic E-state index is 0.807.